The zero-order valence-corrected chi connectivity index (χ0v) is 24.7. The van der Waals surface area contributed by atoms with Crippen LogP contribution in [-0.4, -0.2) is 61.2 Å². The van der Waals surface area contributed by atoms with Gasteiger partial charge in [-0.05, 0) is 74.6 Å². The number of aromatic nitrogens is 2. The lowest BCUT2D eigenvalue weighted by Crippen LogP contribution is -2.32. The number of rotatable bonds is 12. The fourth-order valence-electron chi connectivity index (χ4n) is 4.26. The maximum Gasteiger partial charge on any atom is 0.344 e. The first-order chi connectivity index (χ1) is 19.9. The first-order valence-electron chi connectivity index (χ1n) is 13.3. The molecule has 2 aromatic heterocycles. The summed E-state index contributed by atoms with van der Waals surface area (Å²) >= 11 is 1.52. The van der Waals surface area contributed by atoms with E-state index >= 15 is 0 Å². The highest BCUT2D eigenvalue weighted by Gasteiger charge is 2.20. The molecule has 0 spiro atoms. The van der Waals surface area contributed by atoms with E-state index in [1.807, 2.05) is 36.6 Å². The number of hydrogen-bond donors (Lipinski definition) is 0. The Balaban J connectivity index is 1.62. The van der Waals surface area contributed by atoms with E-state index in [0.717, 1.165) is 42.7 Å². The predicted octanol–water partition coefficient (Wildman–Crippen LogP) is 6.10. The van der Waals surface area contributed by atoms with Gasteiger partial charge in [-0.2, -0.15) is 5.26 Å². The Morgan fingerprint density at radius 3 is 2.17 bits per heavy atom. The molecular formula is C31H33N5O4S. The number of likely N-dealkylation sites (N-methyl/N-ethyl adjacent to an activating group) is 1. The third-order valence-corrected chi connectivity index (χ3v) is 7.59. The highest BCUT2D eigenvalue weighted by atomic mass is 32.1. The number of nitrogens with zero attached hydrogens (tertiary/aromatic N) is 5. The van der Waals surface area contributed by atoms with Gasteiger partial charge in [-0.1, -0.05) is 13.8 Å². The molecule has 0 N–H and O–H groups in total. The minimum Gasteiger partial charge on any atom is -0.497 e. The van der Waals surface area contributed by atoms with Crippen molar-refractivity contribution in [1.29, 1.82) is 5.26 Å². The lowest BCUT2D eigenvalue weighted by atomic mass is 10.1. The summed E-state index contributed by atoms with van der Waals surface area (Å²) in [6.45, 7) is 9.68. The molecule has 4 aromatic rings. The molecule has 0 aliphatic rings. The molecule has 4 rings (SSSR count). The van der Waals surface area contributed by atoms with E-state index < -0.39 is 5.97 Å². The van der Waals surface area contributed by atoms with Crippen molar-refractivity contribution in [2.45, 2.75) is 20.8 Å². The van der Waals surface area contributed by atoms with Gasteiger partial charge in [0.2, 0.25) is 5.88 Å². The second-order valence-electron chi connectivity index (χ2n) is 9.10. The molecule has 0 amide bonds. The number of ether oxygens (including phenoxy) is 3. The zero-order valence-electron chi connectivity index (χ0n) is 23.9. The summed E-state index contributed by atoms with van der Waals surface area (Å²) in [4.78, 5) is 26.7. The third kappa shape index (κ3) is 7.01. The Labute approximate surface area is 244 Å². The number of pyridine rings is 1. The highest BCUT2D eigenvalue weighted by molar-refractivity contribution is 7.14. The largest absolute Gasteiger partial charge is 0.497 e. The molecule has 41 heavy (non-hydrogen) atoms. The Kier molecular flexibility index (Phi) is 9.90. The van der Waals surface area contributed by atoms with Crippen molar-refractivity contribution in [3.8, 4) is 34.7 Å². The van der Waals surface area contributed by atoms with E-state index in [-0.39, 0.29) is 11.4 Å². The molecule has 0 fully saturated rings. The first-order valence-corrected chi connectivity index (χ1v) is 14.2. The van der Waals surface area contributed by atoms with Crippen LogP contribution in [0.4, 0.5) is 10.8 Å². The summed E-state index contributed by atoms with van der Waals surface area (Å²) in [5.41, 5.74) is 3.47. The van der Waals surface area contributed by atoms with Crippen LogP contribution >= 0.6 is 11.3 Å². The van der Waals surface area contributed by atoms with Crippen LogP contribution in [0.25, 0.3) is 11.3 Å². The van der Waals surface area contributed by atoms with Crippen molar-refractivity contribution < 1.29 is 19.0 Å². The molecule has 9 nitrogen and oxygen atoms in total. The van der Waals surface area contributed by atoms with Gasteiger partial charge in [0.05, 0.1) is 31.2 Å². The van der Waals surface area contributed by atoms with Crippen LogP contribution in [0.2, 0.25) is 0 Å². The Morgan fingerprint density at radius 1 is 0.951 bits per heavy atom. The normalized spacial score (nSPS) is 10.8. The van der Waals surface area contributed by atoms with Gasteiger partial charge in [0.1, 0.15) is 23.1 Å². The number of methoxy groups -OCH3 is 2. The quantitative estimate of drug-likeness (QED) is 0.187. The van der Waals surface area contributed by atoms with E-state index in [9.17, 15) is 10.1 Å². The average molecular weight is 572 g/mol. The smallest absolute Gasteiger partial charge is 0.344 e. The van der Waals surface area contributed by atoms with Crippen LogP contribution in [0.15, 0.2) is 60.0 Å². The predicted molar refractivity (Wildman–Crippen MR) is 161 cm³/mol. The van der Waals surface area contributed by atoms with Gasteiger partial charge in [-0.25, -0.2) is 14.8 Å². The average Bonchev–Trinajstić information content (AvgIpc) is 3.49. The molecule has 0 aliphatic heterocycles. The number of nitriles is 1. The number of hydrogen-bond acceptors (Lipinski definition) is 10. The molecule has 2 heterocycles. The number of benzene rings is 2. The molecule has 0 atom stereocenters. The molecule has 0 radical (unpaired) electrons. The van der Waals surface area contributed by atoms with Crippen LogP contribution in [-0.2, 0) is 0 Å². The summed E-state index contributed by atoms with van der Waals surface area (Å²) in [5, 5.41) is 12.6. The molecule has 0 saturated carbocycles. The second kappa shape index (κ2) is 13.7. The van der Waals surface area contributed by atoms with Crippen LogP contribution in [0.3, 0.4) is 0 Å². The minimum absolute atomic E-state index is 0.0379. The minimum atomic E-state index is -0.608. The van der Waals surface area contributed by atoms with Gasteiger partial charge in [0, 0.05) is 29.7 Å². The first kappa shape index (κ1) is 29.5. The summed E-state index contributed by atoms with van der Waals surface area (Å²) < 4.78 is 16.0. The van der Waals surface area contributed by atoms with Crippen molar-refractivity contribution in [2.24, 2.45) is 0 Å². The molecule has 0 aliphatic carbocycles. The molecule has 10 heteroatoms. The fourth-order valence-corrected chi connectivity index (χ4v) is 5.14. The number of aryl methyl sites for hydroxylation is 1. The maximum atomic E-state index is 12.7. The third-order valence-electron chi connectivity index (χ3n) is 6.73. The molecule has 0 saturated heterocycles. The number of thiazole rings is 1. The van der Waals surface area contributed by atoms with E-state index in [1.54, 1.807) is 44.6 Å². The van der Waals surface area contributed by atoms with Crippen molar-refractivity contribution in [2.75, 3.05) is 45.3 Å². The van der Waals surface area contributed by atoms with E-state index in [0.29, 0.717) is 28.3 Å². The molecule has 212 valence electrons. The van der Waals surface area contributed by atoms with Crippen molar-refractivity contribution >= 4 is 28.1 Å². The summed E-state index contributed by atoms with van der Waals surface area (Å²) in [5.74, 6) is 0.766. The standard InChI is InChI=1S/C31H33N5O4S/c1-6-35(7-2)16-17-36(24-10-14-26(39-5)15-11-24)31-34-28(20-41-31)27-18-23(19-32)29(33-21(27)3)40-30(37)22-8-12-25(38-4)13-9-22/h8-15,18,20H,6-7,16-17H2,1-5H3. The van der Waals surface area contributed by atoms with Crippen molar-refractivity contribution in [1.82, 2.24) is 14.9 Å². The summed E-state index contributed by atoms with van der Waals surface area (Å²) in [6.07, 6.45) is 0. The Morgan fingerprint density at radius 2 is 1.59 bits per heavy atom. The van der Waals surface area contributed by atoms with Crippen LogP contribution < -0.4 is 19.1 Å². The van der Waals surface area contributed by atoms with Gasteiger partial charge in [-0.3, -0.25) is 0 Å². The van der Waals surface area contributed by atoms with Gasteiger partial charge in [0.15, 0.2) is 5.13 Å². The SMILES string of the molecule is CCN(CC)CCN(c1ccc(OC)cc1)c1nc(-c2cc(C#N)c(OC(=O)c3ccc(OC)cc3)nc2C)cs1. The molecule has 0 bridgehead atoms. The lowest BCUT2D eigenvalue weighted by molar-refractivity contribution is 0.0726. The topological polar surface area (TPSA) is 101 Å². The molecule has 2 aromatic carbocycles. The summed E-state index contributed by atoms with van der Waals surface area (Å²) in [6, 6.07) is 18.2. The number of carbonyl (C=O) groups is 1. The molecular weight excluding hydrogens is 538 g/mol. The highest BCUT2D eigenvalue weighted by Crippen LogP contribution is 2.35. The lowest BCUT2D eigenvalue weighted by Gasteiger charge is -2.26. The molecule has 0 unspecified atom stereocenters. The Hall–Kier alpha value is -4.46. The second-order valence-corrected chi connectivity index (χ2v) is 9.93. The van der Waals surface area contributed by atoms with Crippen molar-refractivity contribution in [3.05, 3.63) is 76.8 Å². The van der Waals surface area contributed by atoms with Gasteiger partial charge >= 0.3 is 5.97 Å². The number of anilines is 2. The monoisotopic (exact) mass is 571 g/mol. The van der Waals surface area contributed by atoms with E-state index in [2.05, 4.69) is 34.7 Å². The van der Waals surface area contributed by atoms with Gasteiger partial charge in [0.25, 0.3) is 0 Å². The zero-order chi connectivity index (χ0) is 29.4. The van der Waals surface area contributed by atoms with Crippen LogP contribution in [0, 0.1) is 18.3 Å². The number of esters is 1. The van der Waals surface area contributed by atoms with E-state index in [4.69, 9.17) is 19.2 Å². The van der Waals surface area contributed by atoms with E-state index in [1.165, 1.54) is 11.3 Å². The van der Waals surface area contributed by atoms with Gasteiger partial charge < -0.3 is 24.0 Å². The number of carbonyl (C=O) groups excluding carboxylic acids is 1. The van der Waals surface area contributed by atoms with Crippen LogP contribution in [0.1, 0.15) is 35.5 Å². The van der Waals surface area contributed by atoms with Gasteiger partial charge in [-0.15, -0.1) is 11.3 Å². The van der Waals surface area contributed by atoms with Crippen LogP contribution in [0.5, 0.6) is 17.4 Å². The maximum absolute atomic E-state index is 12.7. The van der Waals surface area contributed by atoms with Crippen molar-refractivity contribution in [3.63, 3.8) is 0 Å². The fraction of sp³-hybridized carbons (Fsp3) is 0.290. The summed E-state index contributed by atoms with van der Waals surface area (Å²) in [7, 11) is 3.20. The Bertz CT molecular complexity index is 1510.